The van der Waals surface area contributed by atoms with Gasteiger partial charge in [0, 0.05) is 0 Å². The molecule has 0 atom stereocenters. The zero-order valence-corrected chi connectivity index (χ0v) is 7.41. The van der Waals surface area contributed by atoms with Gasteiger partial charge in [0.05, 0.1) is 0 Å². The summed E-state index contributed by atoms with van der Waals surface area (Å²) in [4.78, 5) is 0. The first kappa shape index (κ1) is 11.7. The summed E-state index contributed by atoms with van der Waals surface area (Å²) in [5.41, 5.74) is 0. The van der Waals surface area contributed by atoms with Crippen LogP contribution in [0.4, 0.5) is 0 Å². The van der Waals surface area contributed by atoms with Crippen LogP contribution in [0.15, 0.2) is 30.3 Å². The predicted octanol–water partition coefficient (Wildman–Crippen LogP) is -0.887. The van der Waals surface area contributed by atoms with Crippen LogP contribution in [-0.4, -0.2) is 5.11 Å². The summed E-state index contributed by atoms with van der Waals surface area (Å²) in [6.45, 7) is 0. The second kappa shape index (κ2) is 6.11. The monoisotopic (exact) mass is 133 g/mol. The molecule has 44 valence electrons. The van der Waals surface area contributed by atoms with Crippen LogP contribution >= 0.6 is 0 Å². The molecule has 0 saturated heterocycles. The zero-order valence-electron chi connectivity index (χ0n) is 5.41. The van der Waals surface area contributed by atoms with Gasteiger partial charge in [0.25, 0.3) is 0 Å². The molecule has 1 aromatic rings. The third-order valence-corrected chi connectivity index (χ3v) is 0.756. The molecule has 0 aromatic heterocycles. The van der Waals surface area contributed by atoms with E-state index in [0.29, 0.717) is 5.75 Å². The molecule has 9 heavy (non-hydrogen) atoms. The van der Waals surface area contributed by atoms with Crippen LogP contribution in [0.3, 0.4) is 0 Å². The van der Waals surface area contributed by atoms with Crippen molar-refractivity contribution in [3.8, 4) is 5.75 Å². The molecule has 0 aliphatic rings. The van der Waals surface area contributed by atoms with Crippen molar-refractivity contribution in [2.45, 2.75) is 0 Å². The quantitative estimate of drug-likeness (QED) is 0.459. The van der Waals surface area contributed by atoms with E-state index in [1.165, 1.54) is 0 Å². The minimum absolute atomic E-state index is 0. The third-order valence-electron chi connectivity index (χ3n) is 0.756. The van der Waals surface area contributed by atoms with E-state index in [2.05, 4.69) is 0 Å². The van der Waals surface area contributed by atoms with Gasteiger partial charge in [-0.15, -0.1) is 0 Å². The van der Waals surface area contributed by atoms with Crippen molar-refractivity contribution in [2.24, 2.45) is 0 Å². The van der Waals surface area contributed by atoms with Crippen LogP contribution in [0.25, 0.3) is 6.15 Å². The Bertz CT molecular complexity index is 143. The van der Waals surface area contributed by atoms with Gasteiger partial charge in [-0.3, -0.25) is 0 Å². The molecule has 0 heterocycles. The van der Waals surface area contributed by atoms with Gasteiger partial charge in [-0.2, -0.15) is 0 Å². The smallest absolute Gasteiger partial charge is 0.693 e. The summed E-state index contributed by atoms with van der Waals surface area (Å²) in [5, 5.41) is 8.63. The summed E-state index contributed by atoms with van der Waals surface area (Å²) >= 11 is 0. The van der Waals surface area contributed by atoms with E-state index >= 15 is 0 Å². The minimum atomic E-state index is 0. The molecule has 2 nitrogen and oxygen atoms in total. The Kier molecular flexibility index (Phi) is 7.96. The normalized spacial score (nSPS) is 6.67. The van der Waals surface area contributed by atoms with E-state index in [1.54, 1.807) is 24.3 Å². The first-order chi connectivity index (χ1) is 3.39. The van der Waals surface area contributed by atoms with E-state index in [4.69, 9.17) is 5.11 Å². The molecule has 0 spiro atoms. The first-order valence-electron chi connectivity index (χ1n) is 2.13. The summed E-state index contributed by atoms with van der Waals surface area (Å²) in [7, 11) is 0. The second-order valence-corrected chi connectivity index (χ2v) is 1.34. The fourth-order valence-corrected chi connectivity index (χ4v) is 0.428. The standard InChI is InChI=1S/C6H6O.H2N.Na/c7-6-4-2-1-3-5-6;;/h1-5,7H;1H2;/q;-1;+1. The molecule has 0 aliphatic heterocycles. The van der Waals surface area contributed by atoms with Gasteiger partial charge in [0.1, 0.15) is 5.75 Å². The van der Waals surface area contributed by atoms with Crippen molar-refractivity contribution < 1.29 is 34.7 Å². The Morgan fingerprint density at radius 3 is 1.67 bits per heavy atom. The van der Waals surface area contributed by atoms with Crippen molar-refractivity contribution in [3.63, 3.8) is 0 Å². The average molecular weight is 133 g/mol. The van der Waals surface area contributed by atoms with Gasteiger partial charge in [0.2, 0.25) is 0 Å². The topological polar surface area (TPSA) is 53.7 Å². The Balaban J connectivity index is 0. The van der Waals surface area contributed by atoms with Crippen molar-refractivity contribution in [1.29, 1.82) is 0 Å². The molecule has 0 fully saturated rings. The van der Waals surface area contributed by atoms with Crippen LogP contribution in [0.2, 0.25) is 0 Å². The van der Waals surface area contributed by atoms with Gasteiger partial charge in [-0.25, -0.2) is 0 Å². The van der Waals surface area contributed by atoms with Crippen LogP contribution in [0, 0.1) is 0 Å². The maximum absolute atomic E-state index is 8.63. The molecule has 0 radical (unpaired) electrons. The summed E-state index contributed by atoms with van der Waals surface area (Å²) in [6.07, 6.45) is 0. The third kappa shape index (κ3) is 4.48. The van der Waals surface area contributed by atoms with Crippen LogP contribution in [-0.2, 0) is 0 Å². The first-order valence-corrected chi connectivity index (χ1v) is 2.13. The fourth-order valence-electron chi connectivity index (χ4n) is 0.428. The zero-order chi connectivity index (χ0) is 5.11. The molecule has 0 amide bonds. The van der Waals surface area contributed by atoms with Gasteiger partial charge < -0.3 is 11.3 Å². The molecular weight excluding hydrogens is 125 g/mol. The predicted molar refractivity (Wildman–Crippen MR) is 33.4 cm³/mol. The fraction of sp³-hybridized carbons (Fsp3) is 0. The minimum Gasteiger partial charge on any atom is -0.693 e. The van der Waals surface area contributed by atoms with E-state index < -0.39 is 0 Å². The molecule has 0 aliphatic carbocycles. The van der Waals surface area contributed by atoms with Crippen molar-refractivity contribution in [1.82, 2.24) is 0 Å². The Morgan fingerprint density at radius 1 is 1.00 bits per heavy atom. The molecule has 3 heteroatoms. The number of nitrogens with two attached hydrogens (primary N) is 1. The number of phenolic OH excluding ortho intramolecular Hbond substituents is 1. The van der Waals surface area contributed by atoms with Crippen molar-refractivity contribution in [3.05, 3.63) is 36.5 Å². The van der Waals surface area contributed by atoms with E-state index in [-0.39, 0.29) is 35.7 Å². The maximum Gasteiger partial charge on any atom is 1.00 e. The van der Waals surface area contributed by atoms with Gasteiger partial charge >= 0.3 is 29.6 Å². The molecule has 0 saturated carbocycles. The van der Waals surface area contributed by atoms with Gasteiger partial charge in [-0.1, -0.05) is 18.2 Å². The average Bonchev–Trinajstić information content (AvgIpc) is 1.69. The Hall–Kier alpha value is -0.0200. The maximum atomic E-state index is 8.63. The number of hydrogen-bond acceptors (Lipinski definition) is 1. The van der Waals surface area contributed by atoms with E-state index in [1.807, 2.05) is 6.07 Å². The molecule has 0 unspecified atom stereocenters. The number of para-hydroxylation sites is 1. The van der Waals surface area contributed by atoms with Crippen molar-refractivity contribution in [2.75, 3.05) is 0 Å². The van der Waals surface area contributed by atoms with Gasteiger partial charge in [0.15, 0.2) is 0 Å². The summed E-state index contributed by atoms with van der Waals surface area (Å²) in [5.74, 6) is 0.322. The number of benzene rings is 1. The molecule has 0 bridgehead atoms. The van der Waals surface area contributed by atoms with Crippen LogP contribution in [0.5, 0.6) is 5.75 Å². The Morgan fingerprint density at radius 2 is 1.44 bits per heavy atom. The summed E-state index contributed by atoms with van der Waals surface area (Å²) in [6, 6.07) is 8.71. The van der Waals surface area contributed by atoms with E-state index in [9.17, 15) is 0 Å². The summed E-state index contributed by atoms with van der Waals surface area (Å²) < 4.78 is 0. The second-order valence-electron chi connectivity index (χ2n) is 1.34. The number of aromatic hydroxyl groups is 1. The largest absolute Gasteiger partial charge is 1.00 e. The number of rotatable bonds is 0. The van der Waals surface area contributed by atoms with E-state index in [0.717, 1.165) is 0 Å². The van der Waals surface area contributed by atoms with Crippen LogP contribution in [0.1, 0.15) is 0 Å². The molecule has 1 aromatic carbocycles. The van der Waals surface area contributed by atoms with Gasteiger partial charge in [-0.05, 0) is 12.1 Å². The Labute approximate surface area is 76.8 Å². The molecule has 3 N–H and O–H groups in total. The number of hydrogen-bond donors (Lipinski definition) is 1. The van der Waals surface area contributed by atoms with Crippen LogP contribution < -0.4 is 29.6 Å². The molecule has 1 rings (SSSR count). The molecular formula is C6H8NNaO. The van der Waals surface area contributed by atoms with Crippen molar-refractivity contribution >= 4 is 0 Å². The number of phenols is 1. The SMILES string of the molecule is Oc1ccccc1.[NH2-].[Na+].